The number of hydrogen-bond donors (Lipinski definition) is 2. The lowest BCUT2D eigenvalue weighted by Gasteiger charge is -2.00. The number of nitrogens with two attached hydrogens (primary N) is 2. The van der Waals surface area contributed by atoms with Gasteiger partial charge in [0.15, 0.2) is 0 Å². The molecule has 17 heavy (non-hydrogen) atoms. The van der Waals surface area contributed by atoms with Gasteiger partial charge in [-0.05, 0) is 12.1 Å². The van der Waals surface area contributed by atoms with Crippen LogP contribution >= 0.6 is 0 Å². The molecule has 0 saturated carbocycles. The molecule has 0 unspecified atom stereocenters. The second-order valence-electron chi connectivity index (χ2n) is 3.24. The van der Waals surface area contributed by atoms with Crippen LogP contribution in [0.3, 0.4) is 0 Å². The predicted octanol–water partition coefficient (Wildman–Crippen LogP) is 1.60. The van der Waals surface area contributed by atoms with E-state index in [1.54, 1.807) is 12.1 Å². The molecule has 0 heterocycles. The van der Waals surface area contributed by atoms with Gasteiger partial charge in [-0.3, -0.25) is 0 Å². The first-order valence-electron chi connectivity index (χ1n) is 4.89. The Kier molecular flexibility index (Phi) is 4.68. The van der Waals surface area contributed by atoms with Crippen LogP contribution in [0, 0.1) is 0 Å². The van der Waals surface area contributed by atoms with Gasteiger partial charge < -0.3 is 5.73 Å². The normalized spacial score (nSPS) is 10.2. The van der Waals surface area contributed by atoms with Crippen LogP contribution in [-0.2, 0) is 10.0 Å². The fourth-order valence-electron chi connectivity index (χ4n) is 1.12. The van der Waals surface area contributed by atoms with Gasteiger partial charge in [-0.1, -0.05) is 48.5 Å². The Hall–Kier alpha value is -1.85. The third-order valence-electron chi connectivity index (χ3n) is 1.89. The summed E-state index contributed by atoms with van der Waals surface area (Å²) in [7, 11) is -3.66. The number of anilines is 1. The van der Waals surface area contributed by atoms with E-state index in [2.05, 4.69) is 0 Å². The molecule has 90 valence electrons. The summed E-state index contributed by atoms with van der Waals surface area (Å²) < 4.78 is 21.5. The molecule has 0 fully saturated rings. The second-order valence-corrected chi connectivity index (χ2v) is 4.77. The summed E-state index contributed by atoms with van der Waals surface area (Å²) in [5.41, 5.74) is 5.52. The van der Waals surface area contributed by atoms with Crippen molar-refractivity contribution in [1.82, 2.24) is 0 Å². The lowest BCUT2D eigenvalue weighted by Crippen LogP contribution is -2.13. The van der Waals surface area contributed by atoms with Crippen molar-refractivity contribution in [3.63, 3.8) is 0 Å². The fourth-order valence-corrected chi connectivity index (χ4v) is 1.79. The number of nitrogen functional groups attached to an aromatic ring is 1. The van der Waals surface area contributed by atoms with E-state index in [1.807, 2.05) is 36.4 Å². The highest BCUT2D eigenvalue weighted by Crippen LogP contribution is 2.14. The summed E-state index contributed by atoms with van der Waals surface area (Å²) >= 11 is 0. The van der Waals surface area contributed by atoms with Crippen molar-refractivity contribution >= 4 is 15.7 Å². The highest BCUT2D eigenvalue weighted by molar-refractivity contribution is 7.89. The van der Waals surface area contributed by atoms with Gasteiger partial charge in [-0.15, -0.1) is 0 Å². The molecule has 0 aliphatic heterocycles. The highest BCUT2D eigenvalue weighted by Gasteiger charge is 2.09. The minimum atomic E-state index is -3.66. The van der Waals surface area contributed by atoms with E-state index >= 15 is 0 Å². The third kappa shape index (κ3) is 4.67. The molecule has 0 atom stereocenters. The summed E-state index contributed by atoms with van der Waals surface area (Å²) in [6, 6.07) is 18.1. The first-order chi connectivity index (χ1) is 8.02. The van der Waals surface area contributed by atoms with Crippen LogP contribution in [-0.4, -0.2) is 8.42 Å². The van der Waals surface area contributed by atoms with E-state index in [1.165, 1.54) is 12.1 Å². The quantitative estimate of drug-likeness (QED) is 0.754. The highest BCUT2D eigenvalue weighted by atomic mass is 32.2. The number of rotatable bonds is 1. The van der Waals surface area contributed by atoms with Crippen molar-refractivity contribution in [2.24, 2.45) is 5.14 Å². The van der Waals surface area contributed by atoms with Crippen molar-refractivity contribution < 1.29 is 8.42 Å². The van der Waals surface area contributed by atoms with Crippen molar-refractivity contribution in [2.45, 2.75) is 4.90 Å². The molecule has 2 aromatic rings. The fraction of sp³-hybridized carbons (Fsp3) is 0. The lowest BCUT2D eigenvalue weighted by molar-refractivity contribution is 0.598. The number of para-hydroxylation sites is 1. The van der Waals surface area contributed by atoms with Crippen LogP contribution in [0.5, 0.6) is 0 Å². The summed E-state index contributed by atoms with van der Waals surface area (Å²) in [5.74, 6) is 0. The topological polar surface area (TPSA) is 86.2 Å². The zero-order chi connectivity index (χ0) is 12.7. The Morgan fingerprint density at radius 3 is 1.47 bits per heavy atom. The molecule has 0 aliphatic carbocycles. The van der Waals surface area contributed by atoms with Gasteiger partial charge in [0.25, 0.3) is 0 Å². The van der Waals surface area contributed by atoms with E-state index in [-0.39, 0.29) is 10.6 Å². The number of sulfonamides is 1. The molecule has 0 spiro atoms. The largest absolute Gasteiger partial charge is 0.398 e. The molecule has 2 rings (SSSR count). The molecule has 0 aliphatic rings. The maximum atomic E-state index is 10.8. The summed E-state index contributed by atoms with van der Waals surface area (Å²) in [4.78, 5) is -0.0278. The van der Waals surface area contributed by atoms with E-state index in [4.69, 9.17) is 10.9 Å². The van der Waals surface area contributed by atoms with Crippen LogP contribution in [0.1, 0.15) is 0 Å². The van der Waals surface area contributed by atoms with E-state index in [0.717, 1.165) is 0 Å². The summed E-state index contributed by atoms with van der Waals surface area (Å²) in [6.07, 6.45) is 0. The van der Waals surface area contributed by atoms with Crippen molar-refractivity contribution in [1.29, 1.82) is 0 Å². The van der Waals surface area contributed by atoms with Crippen LogP contribution < -0.4 is 10.9 Å². The Bertz CT molecular complexity index is 527. The molecule has 4 nitrogen and oxygen atoms in total. The van der Waals surface area contributed by atoms with E-state index in [0.29, 0.717) is 0 Å². The van der Waals surface area contributed by atoms with Gasteiger partial charge in [0.1, 0.15) is 4.90 Å². The van der Waals surface area contributed by atoms with E-state index < -0.39 is 10.0 Å². The summed E-state index contributed by atoms with van der Waals surface area (Å²) in [6.45, 7) is 0. The van der Waals surface area contributed by atoms with Crippen LogP contribution in [0.2, 0.25) is 0 Å². The van der Waals surface area contributed by atoms with Crippen LogP contribution in [0.25, 0.3) is 0 Å². The molecule has 0 aromatic heterocycles. The standard InChI is InChI=1S/C6H8N2O2S.C6H6/c7-5-3-1-2-4-6(5)11(8,9)10;1-2-4-6-5-3-1/h1-4H,7H2,(H2,8,9,10);1-6H. The molecular weight excluding hydrogens is 236 g/mol. The molecule has 2 aromatic carbocycles. The average Bonchev–Trinajstić information content (AvgIpc) is 2.31. The van der Waals surface area contributed by atoms with Gasteiger partial charge in [-0.25, -0.2) is 13.6 Å². The molecule has 0 bridgehead atoms. The minimum Gasteiger partial charge on any atom is -0.398 e. The van der Waals surface area contributed by atoms with Crippen molar-refractivity contribution in [2.75, 3.05) is 5.73 Å². The van der Waals surface area contributed by atoms with Gasteiger partial charge in [0, 0.05) is 0 Å². The molecule has 4 N–H and O–H groups in total. The SMILES string of the molecule is Nc1ccccc1S(N)(=O)=O.c1ccccc1. The average molecular weight is 250 g/mol. The maximum absolute atomic E-state index is 10.8. The van der Waals surface area contributed by atoms with Crippen LogP contribution in [0.4, 0.5) is 5.69 Å². The van der Waals surface area contributed by atoms with Gasteiger partial charge in [0.2, 0.25) is 10.0 Å². The Morgan fingerprint density at radius 2 is 1.18 bits per heavy atom. The monoisotopic (exact) mass is 250 g/mol. The predicted molar refractivity (Wildman–Crippen MR) is 68.7 cm³/mol. The lowest BCUT2D eigenvalue weighted by atomic mass is 10.3. The van der Waals surface area contributed by atoms with Gasteiger partial charge >= 0.3 is 0 Å². The molecular formula is C12H14N2O2S. The van der Waals surface area contributed by atoms with E-state index in [9.17, 15) is 8.42 Å². The molecule has 0 amide bonds. The van der Waals surface area contributed by atoms with Gasteiger partial charge in [0.05, 0.1) is 5.69 Å². The third-order valence-corrected chi connectivity index (χ3v) is 2.88. The number of benzene rings is 2. The van der Waals surface area contributed by atoms with Crippen LogP contribution in [0.15, 0.2) is 65.6 Å². The first-order valence-corrected chi connectivity index (χ1v) is 6.44. The maximum Gasteiger partial charge on any atom is 0.240 e. The summed E-state index contributed by atoms with van der Waals surface area (Å²) in [5, 5.41) is 4.85. The zero-order valence-electron chi connectivity index (χ0n) is 9.15. The number of primary sulfonamides is 1. The molecule has 5 heteroatoms. The second kappa shape index (κ2) is 6.03. The first kappa shape index (κ1) is 13.2. The Balaban J connectivity index is 0.000000202. The van der Waals surface area contributed by atoms with Gasteiger partial charge in [-0.2, -0.15) is 0 Å². The Morgan fingerprint density at radius 1 is 0.765 bits per heavy atom. The Labute approximate surface area is 101 Å². The minimum absolute atomic E-state index is 0.0278. The van der Waals surface area contributed by atoms with Crippen molar-refractivity contribution in [3.05, 3.63) is 60.7 Å². The number of hydrogen-bond acceptors (Lipinski definition) is 3. The smallest absolute Gasteiger partial charge is 0.240 e. The molecule has 0 saturated heterocycles. The molecule has 0 radical (unpaired) electrons. The van der Waals surface area contributed by atoms with Crippen molar-refractivity contribution in [3.8, 4) is 0 Å². The zero-order valence-corrected chi connectivity index (χ0v) is 9.97.